The van der Waals surface area contributed by atoms with Gasteiger partial charge in [-0.15, -0.1) is 0 Å². The lowest BCUT2D eigenvalue weighted by atomic mass is 9.83. The molecule has 1 aliphatic carbocycles. The Balaban J connectivity index is 1.62. The molecule has 0 bridgehead atoms. The summed E-state index contributed by atoms with van der Waals surface area (Å²) in [6.07, 6.45) is 6.77. The first kappa shape index (κ1) is 14.1. The second-order valence-corrected chi connectivity index (χ2v) is 5.59. The van der Waals surface area contributed by atoms with E-state index < -0.39 is 0 Å². The molecule has 0 aromatic heterocycles. The van der Waals surface area contributed by atoms with E-state index in [0.717, 1.165) is 58.2 Å². The first-order chi connectivity index (χ1) is 9.28. The Morgan fingerprint density at radius 3 is 2.74 bits per heavy atom. The van der Waals surface area contributed by atoms with Crippen LogP contribution in [-0.2, 0) is 4.74 Å². The number of rotatable bonds is 4. The fourth-order valence-corrected chi connectivity index (χ4v) is 2.78. The fourth-order valence-electron chi connectivity index (χ4n) is 2.78. The molecule has 19 heavy (non-hydrogen) atoms. The van der Waals surface area contributed by atoms with Crippen LogP contribution < -0.4 is 11.1 Å². The number of nitrogens with one attached hydrogen (secondary N) is 1. The fraction of sp³-hybridized carbons (Fsp3) is 0.857. The van der Waals surface area contributed by atoms with Crippen LogP contribution in [0.1, 0.15) is 38.5 Å². The van der Waals surface area contributed by atoms with Gasteiger partial charge in [-0.2, -0.15) is 5.26 Å². The van der Waals surface area contributed by atoms with Crippen molar-refractivity contribution >= 4 is 5.96 Å². The van der Waals surface area contributed by atoms with Gasteiger partial charge in [0.15, 0.2) is 5.96 Å². The minimum Gasteiger partial charge on any atom is -0.376 e. The Bertz CT molecular complexity index is 336. The molecule has 0 aromatic rings. The molecule has 106 valence electrons. The number of nitrogens with two attached hydrogens (primary N) is 1. The lowest BCUT2D eigenvalue weighted by molar-refractivity contribution is 0.114. The molecule has 2 rings (SSSR count). The topological polar surface area (TPSA) is 83.4 Å². The molecule has 0 amide bonds. The summed E-state index contributed by atoms with van der Waals surface area (Å²) in [6, 6.07) is 2.35. The highest BCUT2D eigenvalue weighted by Crippen LogP contribution is 2.28. The number of nitriles is 1. The molecule has 1 heterocycles. The highest BCUT2D eigenvalue weighted by atomic mass is 16.5. The van der Waals surface area contributed by atoms with Crippen LogP contribution in [0.4, 0.5) is 0 Å². The maximum absolute atomic E-state index is 8.85. The standard InChI is InChI=1S/C14H24N4O/c15-8-11-3-5-12(6-4-11)9-17-14(16)18-10-13-2-1-7-19-13/h11-13H,1-7,9-10H2,(H3,16,17,18). The van der Waals surface area contributed by atoms with Gasteiger partial charge >= 0.3 is 0 Å². The van der Waals surface area contributed by atoms with Crippen LogP contribution in [0, 0.1) is 23.2 Å². The van der Waals surface area contributed by atoms with Gasteiger partial charge in [-0.25, -0.2) is 0 Å². The predicted molar refractivity (Wildman–Crippen MR) is 74.5 cm³/mol. The number of guanidine groups is 1. The summed E-state index contributed by atoms with van der Waals surface area (Å²) in [5.41, 5.74) is 5.85. The molecule has 5 nitrogen and oxygen atoms in total. The van der Waals surface area contributed by atoms with Gasteiger partial charge in [0.1, 0.15) is 0 Å². The van der Waals surface area contributed by atoms with Crippen LogP contribution in [0.5, 0.6) is 0 Å². The summed E-state index contributed by atoms with van der Waals surface area (Å²) in [6.45, 7) is 2.41. The summed E-state index contributed by atoms with van der Waals surface area (Å²) in [4.78, 5) is 4.40. The van der Waals surface area contributed by atoms with E-state index in [0.29, 0.717) is 18.0 Å². The Kier molecular flexibility index (Phi) is 5.46. The van der Waals surface area contributed by atoms with Gasteiger partial charge in [0, 0.05) is 25.6 Å². The summed E-state index contributed by atoms with van der Waals surface area (Å²) < 4.78 is 5.52. The highest BCUT2D eigenvalue weighted by Gasteiger charge is 2.20. The van der Waals surface area contributed by atoms with Gasteiger partial charge in [0.2, 0.25) is 0 Å². The zero-order chi connectivity index (χ0) is 13.5. The third-order valence-corrected chi connectivity index (χ3v) is 4.08. The van der Waals surface area contributed by atoms with E-state index in [1.807, 2.05) is 0 Å². The monoisotopic (exact) mass is 264 g/mol. The van der Waals surface area contributed by atoms with Crippen LogP contribution >= 0.6 is 0 Å². The lowest BCUT2D eigenvalue weighted by Crippen LogP contribution is -2.37. The summed E-state index contributed by atoms with van der Waals surface area (Å²) in [5.74, 6) is 1.38. The van der Waals surface area contributed by atoms with Crippen molar-refractivity contribution in [3.05, 3.63) is 0 Å². The molecule has 1 atom stereocenters. The number of hydrogen-bond donors (Lipinski definition) is 2. The molecule has 0 aromatic carbocycles. The molecule has 0 radical (unpaired) electrons. The first-order valence-electron chi connectivity index (χ1n) is 7.33. The normalized spacial score (nSPS) is 31.9. The Hall–Kier alpha value is -1.28. The van der Waals surface area contributed by atoms with Crippen LogP contribution in [0.2, 0.25) is 0 Å². The Labute approximate surface area is 115 Å². The summed E-state index contributed by atoms with van der Waals surface area (Å²) in [5, 5.41) is 12.0. The van der Waals surface area contributed by atoms with E-state index >= 15 is 0 Å². The smallest absolute Gasteiger partial charge is 0.188 e. The Morgan fingerprint density at radius 2 is 2.11 bits per heavy atom. The third-order valence-electron chi connectivity index (χ3n) is 4.08. The Morgan fingerprint density at radius 1 is 1.32 bits per heavy atom. The molecule has 3 N–H and O–H groups in total. The van der Waals surface area contributed by atoms with E-state index in [2.05, 4.69) is 16.4 Å². The van der Waals surface area contributed by atoms with E-state index in [1.165, 1.54) is 0 Å². The molecule has 1 aliphatic heterocycles. The van der Waals surface area contributed by atoms with Crippen LogP contribution in [0.15, 0.2) is 4.99 Å². The van der Waals surface area contributed by atoms with E-state index in [-0.39, 0.29) is 5.92 Å². The van der Waals surface area contributed by atoms with Crippen LogP contribution in [0.25, 0.3) is 0 Å². The quantitative estimate of drug-likeness (QED) is 0.594. The van der Waals surface area contributed by atoms with Crippen molar-refractivity contribution in [1.82, 2.24) is 5.32 Å². The van der Waals surface area contributed by atoms with Crippen molar-refractivity contribution in [1.29, 1.82) is 5.26 Å². The van der Waals surface area contributed by atoms with E-state index in [1.54, 1.807) is 0 Å². The zero-order valence-electron chi connectivity index (χ0n) is 11.5. The zero-order valence-corrected chi connectivity index (χ0v) is 11.5. The number of aliphatic imine (C=N–C) groups is 1. The molecule has 5 heteroatoms. The second kappa shape index (κ2) is 7.34. The van der Waals surface area contributed by atoms with Crippen LogP contribution in [-0.4, -0.2) is 31.8 Å². The van der Waals surface area contributed by atoms with Crippen LogP contribution in [0.3, 0.4) is 0 Å². The SMILES string of the molecule is N#CC1CCC(CN=C(N)NCC2CCCO2)CC1. The van der Waals surface area contributed by atoms with Gasteiger partial charge < -0.3 is 15.8 Å². The number of nitrogens with zero attached hydrogens (tertiary/aromatic N) is 2. The van der Waals surface area contributed by atoms with Crippen molar-refractivity contribution in [2.24, 2.45) is 22.6 Å². The predicted octanol–water partition coefficient (Wildman–Crippen LogP) is 1.40. The van der Waals surface area contributed by atoms with Gasteiger partial charge in [0.25, 0.3) is 0 Å². The molecular weight excluding hydrogens is 240 g/mol. The molecule has 2 fully saturated rings. The van der Waals surface area contributed by atoms with Crippen molar-refractivity contribution in [2.75, 3.05) is 19.7 Å². The summed E-state index contributed by atoms with van der Waals surface area (Å²) in [7, 11) is 0. The molecule has 1 unspecified atom stereocenters. The largest absolute Gasteiger partial charge is 0.376 e. The van der Waals surface area contributed by atoms with E-state index in [9.17, 15) is 0 Å². The maximum atomic E-state index is 8.85. The average Bonchev–Trinajstić information content (AvgIpc) is 2.96. The second-order valence-electron chi connectivity index (χ2n) is 5.59. The third kappa shape index (κ3) is 4.71. The molecule has 2 aliphatic rings. The minimum absolute atomic E-state index is 0.259. The number of ether oxygens (including phenoxy) is 1. The first-order valence-corrected chi connectivity index (χ1v) is 7.33. The highest BCUT2D eigenvalue weighted by molar-refractivity contribution is 5.77. The van der Waals surface area contributed by atoms with Crippen molar-refractivity contribution in [2.45, 2.75) is 44.6 Å². The van der Waals surface area contributed by atoms with Crippen molar-refractivity contribution in [3.8, 4) is 6.07 Å². The average molecular weight is 264 g/mol. The van der Waals surface area contributed by atoms with Gasteiger partial charge in [0.05, 0.1) is 12.2 Å². The number of hydrogen-bond acceptors (Lipinski definition) is 3. The maximum Gasteiger partial charge on any atom is 0.188 e. The molecule has 0 spiro atoms. The van der Waals surface area contributed by atoms with Crippen molar-refractivity contribution < 1.29 is 4.74 Å². The summed E-state index contributed by atoms with van der Waals surface area (Å²) >= 11 is 0. The molecule has 1 saturated heterocycles. The van der Waals surface area contributed by atoms with Gasteiger partial charge in [-0.1, -0.05) is 0 Å². The van der Waals surface area contributed by atoms with Gasteiger partial charge in [-0.3, -0.25) is 4.99 Å². The molecular formula is C14H24N4O. The minimum atomic E-state index is 0.259. The van der Waals surface area contributed by atoms with Crippen molar-refractivity contribution in [3.63, 3.8) is 0 Å². The van der Waals surface area contributed by atoms with Gasteiger partial charge in [-0.05, 0) is 44.4 Å². The lowest BCUT2D eigenvalue weighted by Gasteiger charge is -2.23. The molecule has 1 saturated carbocycles. The van der Waals surface area contributed by atoms with E-state index in [4.69, 9.17) is 15.7 Å².